The molecule has 3 aliphatic rings. The number of Topliss-reactive ketones (excluding diaryl/α,β-unsaturated/α-hetero) is 1. The lowest BCUT2D eigenvalue weighted by molar-refractivity contribution is -0.000385. The molecule has 1 unspecified atom stereocenters. The first-order chi connectivity index (χ1) is 17.2. The topological polar surface area (TPSA) is 90.2 Å². The molecule has 1 aliphatic heterocycles. The fourth-order valence-corrected chi connectivity index (χ4v) is 6.72. The molecule has 3 aromatic rings. The molecule has 0 radical (unpaired) electrons. The highest BCUT2D eigenvalue weighted by Crippen LogP contribution is 2.61. The first-order valence-corrected chi connectivity index (χ1v) is 12.9. The Hall–Kier alpha value is -2.96. The fourth-order valence-electron chi connectivity index (χ4n) is 6.56. The van der Waals surface area contributed by atoms with Crippen LogP contribution in [-0.2, 0) is 23.2 Å². The van der Waals surface area contributed by atoms with E-state index in [0.29, 0.717) is 22.2 Å². The highest BCUT2D eigenvalue weighted by molar-refractivity contribution is 6.41. The van der Waals surface area contributed by atoms with Gasteiger partial charge in [0.2, 0.25) is 5.78 Å². The number of carbonyl (C=O) groups excluding carboxylic acids is 1. The Morgan fingerprint density at radius 2 is 1.94 bits per heavy atom. The number of rotatable bonds is 4. The van der Waals surface area contributed by atoms with Gasteiger partial charge in [0.1, 0.15) is 11.4 Å². The summed E-state index contributed by atoms with van der Waals surface area (Å²) in [5.41, 5.74) is 11.0. The summed E-state index contributed by atoms with van der Waals surface area (Å²) < 4.78 is 11.6. The van der Waals surface area contributed by atoms with Crippen LogP contribution in [0.15, 0.2) is 50.8 Å². The molecule has 2 spiro atoms. The van der Waals surface area contributed by atoms with Crippen LogP contribution in [0.3, 0.4) is 0 Å². The summed E-state index contributed by atoms with van der Waals surface area (Å²) in [5, 5.41) is 1.49. The van der Waals surface area contributed by atoms with E-state index in [1.165, 1.54) is 5.56 Å². The number of aliphatic imine (C=N–C) groups is 2. The van der Waals surface area contributed by atoms with Crippen molar-refractivity contribution >= 4 is 39.9 Å². The maximum Gasteiger partial charge on any atom is 0.202 e. The van der Waals surface area contributed by atoms with Crippen molar-refractivity contribution in [2.24, 2.45) is 21.1 Å². The minimum atomic E-state index is -0.722. The second kappa shape index (κ2) is 8.29. The molecule has 1 atom stereocenters. The molecule has 0 saturated heterocycles. The summed E-state index contributed by atoms with van der Waals surface area (Å²) >= 11 is 6.12. The smallest absolute Gasteiger partial charge is 0.202 e. The third kappa shape index (κ3) is 3.38. The van der Waals surface area contributed by atoms with E-state index < -0.39 is 5.66 Å². The van der Waals surface area contributed by atoms with Gasteiger partial charge >= 0.3 is 0 Å². The number of methoxy groups -OCH3 is 1. The van der Waals surface area contributed by atoms with Crippen molar-refractivity contribution in [1.82, 2.24) is 0 Å². The number of hydrogen-bond donors (Lipinski definition) is 1. The van der Waals surface area contributed by atoms with Gasteiger partial charge in [0, 0.05) is 46.5 Å². The highest BCUT2D eigenvalue weighted by Gasteiger charge is 2.60. The van der Waals surface area contributed by atoms with Crippen molar-refractivity contribution in [3.63, 3.8) is 0 Å². The quantitative estimate of drug-likeness (QED) is 0.446. The summed E-state index contributed by atoms with van der Waals surface area (Å²) in [7, 11) is 1.79. The van der Waals surface area contributed by atoms with Gasteiger partial charge in [0.05, 0.1) is 11.8 Å². The largest absolute Gasteiger partial charge is 0.453 e. The van der Waals surface area contributed by atoms with E-state index in [2.05, 4.69) is 18.2 Å². The molecule has 2 N–H and O–H groups in total. The van der Waals surface area contributed by atoms with Gasteiger partial charge in [-0.25, -0.2) is 4.99 Å². The second-order valence-corrected chi connectivity index (χ2v) is 11.0. The highest BCUT2D eigenvalue weighted by atomic mass is 35.5. The minimum absolute atomic E-state index is 0.0590. The molecule has 7 heteroatoms. The van der Waals surface area contributed by atoms with Crippen LogP contribution in [0.25, 0.3) is 11.0 Å². The summed E-state index contributed by atoms with van der Waals surface area (Å²) in [4.78, 5) is 23.5. The molecule has 1 saturated carbocycles. The zero-order chi connectivity index (χ0) is 25.2. The van der Waals surface area contributed by atoms with Crippen LogP contribution >= 0.6 is 11.6 Å². The molecular weight excluding hydrogens is 474 g/mol. The van der Waals surface area contributed by atoms with E-state index in [1.807, 2.05) is 26.0 Å². The first kappa shape index (κ1) is 23.4. The maximum absolute atomic E-state index is 13.4. The van der Waals surface area contributed by atoms with Gasteiger partial charge in [-0.3, -0.25) is 9.79 Å². The maximum atomic E-state index is 13.4. The predicted octanol–water partition coefficient (Wildman–Crippen LogP) is 5.94. The Morgan fingerprint density at radius 1 is 1.17 bits per heavy atom. The molecule has 6 nitrogen and oxygen atoms in total. The van der Waals surface area contributed by atoms with Gasteiger partial charge < -0.3 is 14.9 Å². The van der Waals surface area contributed by atoms with Crippen molar-refractivity contribution in [2.45, 2.75) is 64.1 Å². The normalized spacial score (nSPS) is 27.1. The van der Waals surface area contributed by atoms with E-state index in [4.69, 9.17) is 36.5 Å². The lowest BCUT2D eigenvalue weighted by Crippen LogP contribution is -2.43. The molecule has 1 aromatic heterocycles. The van der Waals surface area contributed by atoms with Crippen molar-refractivity contribution in [1.29, 1.82) is 0 Å². The number of aryl methyl sites for hydroxylation is 1. The standard InChI is InChI=1S/C29H30ClN3O3/c1-16-22-7-6-20(30)14-25(22)36-26(16)24(34)13-18-4-5-19-15-28(10-8-21(35-3)9-11-28)29(23(19)12-18)32-17(2)27(31)33-29/h4-7,12,14,21H,8-11,13,15H2,1-3H3,(H2,31,33). The third-order valence-electron chi connectivity index (χ3n) is 8.54. The van der Waals surface area contributed by atoms with E-state index in [-0.39, 0.29) is 23.7 Å². The van der Waals surface area contributed by atoms with Gasteiger partial charge in [-0.15, -0.1) is 0 Å². The molecule has 0 bridgehead atoms. The fraction of sp³-hybridized carbons (Fsp3) is 0.414. The van der Waals surface area contributed by atoms with Crippen molar-refractivity contribution in [2.75, 3.05) is 7.11 Å². The van der Waals surface area contributed by atoms with Crippen LogP contribution in [0.5, 0.6) is 0 Å². The molecule has 2 aromatic carbocycles. The number of ketones is 1. The number of halogens is 1. The number of nitrogens with zero attached hydrogens (tertiary/aromatic N) is 2. The van der Waals surface area contributed by atoms with Crippen LogP contribution in [-0.4, -0.2) is 30.5 Å². The lowest BCUT2D eigenvalue weighted by atomic mass is 9.65. The SMILES string of the molecule is COC1CCC2(CC1)Cc1ccc(CC(=O)c3oc4cc(Cl)ccc4c3C)cc1C21N=C(C)C(N)=N1. The van der Waals surface area contributed by atoms with E-state index >= 15 is 0 Å². The number of carbonyl (C=O) groups is 1. The third-order valence-corrected chi connectivity index (χ3v) is 8.78. The number of nitrogens with two attached hydrogens (primary N) is 1. The molecular formula is C29H30ClN3O3. The van der Waals surface area contributed by atoms with Gasteiger partial charge in [0.25, 0.3) is 0 Å². The monoisotopic (exact) mass is 503 g/mol. The van der Waals surface area contributed by atoms with Crippen molar-refractivity contribution < 1.29 is 13.9 Å². The van der Waals surface area contributed by atoms with E-state index in [0.717, 1.165) is 59.9 Å². The van der Waals surface area contributed by atoms with Gasteiger partial charge in [-0.2, -0.15) is 0 Å². The van der Waals surface area contributed by atoms with Crippen molar-refractivity contribution in [3.8, 4) is 0 Å². The zero-order valence-corrected chi connectivity index (χ0v) is 21.6. The summed E-state index contributed by atoms with van der Waals surface area (Å²) in [6.07, 6.45) is 5.33. The number of ether oxygens (including phenoxy) is 1. The lowest BCUT2D eigenvalue weighted by Gasteiger charge is -2.44. The molecule has 2 aliphatic carbocycles. The zero-order valence-electron chi connectivity index (χ0n) is 20.9. The molecule has 0 amide bonds. The van der Waals surface area contributed by atoms with Crippen LogP contribution < -0.4 is 5.73 Å². The molecule has 2 heterocycles. The van der Waals surface area contributed by atoms with Gasteiger partial charge in [0.15, 0.2) is 11.4 Å². The van der Waals surface area contributed by atoms with Crippen LogP contribution in [0.1, 0.15) is 65.4 Å². The number of fused-ring (bicyclic) bond motifs is 4. The number of furan rings is 1. The average Bonchev–Trinajstić information content (AvgIpc) is 3.44. The Bertz CT molecular complexity index is 1440. The van der Waals surface area contributed by atoms with E-state index in [1.54, 1.807) is 13.2 Å². The van der Waals surface area contributed by atoms with Crippen molar-refractivity contribution in [3.05, 3.63) is 69.4 Å². The molecule has 36 heavy (non-hydrogen) atoms. The Kier molecular flexibility index (Phi) is 5.39. The Morgan fingerprint density at radius 3 is 2.64 bits per heavy atom. The Balaban J connectivity index is 1.36. The molecule has 1 fully saturated rings. The second-order valence-electron chi connectivity index (χ2n) is 10.5. The van der Waals surface area contributed by atoms with Gasteiger partial charge in [-0.1, -0.05) is 29.8 Å². The predicted molar refractivity (Wildman–Crippen MR) is 142 cm³/mol. The van der Waals surface area contributed by atoms with Crippen LogP contribution in [0, 0.1) is 12.3 Å². The number of amidine groups is 1. The van der Waals surface area contributed by atoms with Crippen LogP contribution in [0.2, 0.25) is 5.02 Å². The van der Waals surface area contributed by atoms with E-state index in [9.17, 15) is 4.79 Å². The number of hydrogen-bond acceptors (Lipinski definition) is 6. The van der Waals surface area contributed by atoms with Gasteiger partial charge in [-0.05, 0) is 69.2 Å². The average molecular weight is 504 g/mol. The first-order valence-electron chi connectivity index (χ1n) is 12.5. The van der Waals surface area contributed by atoms with Crippen LogP contribution in [0.4, 0.5) is 0 Å². The minimum Gasteiger partial charge on any atom is -0.453 e. The summed E-state index contributed by atoms with van der Waals surface area (Å²) in [5.74, 6) is 0.833. The summed E-state index contributed by atoms with van der Waals surface area (Å²) in [6, 6.07) is 11.8. The summed E-state index contributed by atoms with van der Waals surface area (Å²) in [6.45, 7) is 3.85. The molecule has 186 valence electrons. The molecule has 6 rings (SSSR count). The number of benzene rings is 2. The Labute approximate surface area is 215 Å².